The van der Waals surface area contributed by atoms with Crippen molar-refractivity contribution in [2.45, 2.75) is 0 Å². The van der Waals surface area contributed by atoms with Gasteiger partial charge in [-0.15, -0.1) is 0 Å². The zero-order valence-electron chi connectivity index (χ0n) is 13.1. The summed E-state index contributed by atoms with van der Waals surface area (Å²) in [5.41, 5.74) is 1.46. The number of carbonyl (C=O) groups excluding carboxylic acids is 1. The molecule has 1 amide bonds. The molecule has 0 bridgehead atoms. The van der Waals surface area contributed by atoms with E-state index in [9.17, 15) is 4.79 Å². The van der Waals surface area contributed by atoms with Crippen molar-refractivity contribution >= 4 is 32.7 Å². The van der Waals surface area contributed by atoms with Gasteiger partial charge in [0.1, 0.15) is 23.8 Å². The summed E-state index contributed by atoms with van der Waals surface area (Å²) in [5.74, 6) is 1.36. The SMILES string of the molecule is COc1ccc(OCCNC(=O)c2cc3cc(Br)ccc3[nH]2)cc1. The molecule has 0 fully saturated rings. The lowest BCUT2D eigenvalue weighted by Gasteiger charge is -2.07. The van der Waals surface area contributed by atoms with Crippen LogP contribution in [0.3, 0.4) is 0 Å². The predicted molar refractivity (Wildman–Crippen MR) is 96.8 cm³/mol. The number of methoxy groups -OCH3 is 1. The lowest BCUT2D eigenvalue weighted by atomic mass is 10.2. The highest BCUT2D eigenvalue weighted by molar-refractivity contribution is 9.10. The molecule has 0 atom stereocenters. The van der Waals surface area contributed by atoms with Gasteiger partial charge in [-0.1, -0.05) is 15.9 Å². The number of aromatic nitrogens is 1. The quantitative estimate of drug-likeness (QED) is 0.632. The molecule has 124 valence electrons. The molecule has 0 spiro atoms. The molecule has 3 rings (SSSR count). The summed E-state index contributed by atoms with van der Waals surface area (Å²) in [4.78, 5) is 15.3. The number of hydrogen-bond donors (Lipinski definition) is 2. The summed E-state index contributed by atoms with van der Waals surface area (Å²) < 4.78 is 11.6. The van der Waals surface area contributed by atoms with Crippen LogP contribution in [0.2, 0.25) is 0 Å². The highest BCUT2D eigenvalue weighted by Crippen LogP contribution is 2.20. The van der Waals surface area contributed by atoms with Gasteiger partial charge in [0.05, 0.1) is 13.7 Å². The van der Waals surface area contributed by atoms with Crippen molar-refractivity contribution in [3.05, 3.63) is 58.7 Å². The van der Waals surface area contributed by atoms with Gasteiger partial charge in [0.25, 0.3) is 5.91 Å². The summed E-state index contributed by atoms with van der Waals surface area (Å²) in [6.45, 7) is 0.813. The number of ether oxygens (including phenoxy) is 2. The lowest BCUT2D eigenvalue weighted by molar-refractivity contribution is 0.0943. The lowest BCUT2D eigenvalue weighted by Crippen LogP contribution is -2.28. The molecule has 0 aliphatic heterocycles. The van der Waals surface area contributed by atoms with Crippen LogP contribution in [0.15, 0.2) is 53.0 Å². The van der Waals surface area contributed by atoms with E-state index in [2.05, 4.69) is 26.2 Å². The summed E-state index contributed by atoms with van der Waals surface area (Å²) in [6, 6.07) is 15.0. The number of carbonyl (C=O) groups is 1. The Labute approximate surface area is 148 Å². The highest BCUT2D eigenvalue weighted by Gasteiger charge is 2.09. The van der Waals surface area contributed by atoms with Crippen molar-refractivity contribution in [2.24, 2.45) is 0 Å². The van der Waals surface area contributed by atoms with Gasteiger partial charge >= 0.3 is 0 Å². The molecule has 3 aromatic rings. The summed E-state index contributed by atoms with van der Waals surface area (Å²) in [6.07, 6.45) is 0. The molecule has 1 aromatic heterocycles. The van der Waals surface area contributed by atoms with Crippen molar-refractivity contribution in [2.75, 3.05) is 20.3 Å². The van der Waals surface area contributed by atoms with Crippen molar-refractivity contribution in [1.82, 2.24) is 10.3 Å². The summed E-state index contributed by atoms with van der Waals surface area (Å²) >= 11 is 3.42. The van der Waals surface area contributed by atoms with Crippen LogP contribution in [-0.2, 0) is 0 Å². The molecule has 0 aliphatic carbocycles. The van der Waals surface area contributed by atoms with Gasteiger partial charge in [0, 0.05) is 15.4 Å². The van der Waals surface area contributed by atoms with Gasteiger partial charge in [-0.05, 0) is 48.5 Å². The molecule has 0 saturated carbocycles. The second-order valence-electron chi connectivity index (χ2n) is 5.19. The number of fused-ring (bicyclic) bond motifs is 1. The Hall–Kier alpha value is -2.47. The largest absolute Gasteiger partial charge is 0.497 e. The van der Waals surface area contributed by atoms with Gasteiger partial charge in [-0.25, -0.2) is 0 Å². The van der Waals surface area contributed by atoms with Crippen LogP contribution in [0.5, 0.6) is 11.5 Å². The standard InChI is InChI=1S/C18H17BrN2O3/c1-23-14-3-5-15(6-4-14)24-9-8-20-18(22)17-11-12-10-13(19)2-7-16(12)21-17/h2-7,10-11,21H,8-9H2,1H3,(H,20,22). The van der Waals surface area contributed by atoms with E-state index < -0.39 is 0 Å². The van der Waals surface area contributed by atoms with Gasteiger partial charge in [-0.2, -0.15) is 0 Å². The number of halogens is 1. The number of rotatable bonds is 6. The first-order chi connectivity index (χ1) is 11.7. The molecule has 5 nitrogen and oxygen atoms in total. The van der Waals surface area contributed by atoms with Gasteiger partial charge in [0.2, 0.25) is 0 Å². The zero-order chi connectivity index (χ0) is 16.9. The fourth-order valence-electron chi connectivity index (χ4n) is 2.33. The van der Waals surface area contributed by atoms with E-state index in [1.165, 1.54) is 0 Å². The number of nitrogens with one attached hydrogen (secondary N) is 2. The van der Waals surface area contributed by atoms with E-state index in [4.69, 9.17) is 9.47 Å². The number of benzene rings is 2. The van der Waals surface area contributed by atoms with Crippen molar-refractivity contribution in [3.8, 4) is 11.5 Å². The first-order valence-electron chi connectivity index (χ1n) is 7.49. The molecule has 0 aliphatic rings. The van der Waals surface area contributed by atoms with Crippen LogP contribution in [0, 0.1) is 0 Å². The fraction of sp³-hybridized carbons (Fsp3) is 0.167. The second-order valence-corrected chi connectivity index (χ2v) is 6.11. The summed E-state index contributed by atoms with van der Waals surface area (Å²) in [7, 11) is 1.62. The molecule has 2 aromatic carbocycles. The molecule has 1 heterocycles. The Morgan fingerprint density at radius 2 is 1.88 bits per heavy atom. The molecular formula is C18H17BrN2O3. The number of aromatic amines is 1. The minimum absolute atomic E-state index is 0.152. The topological polar surface area (TPSA) is 63.4 Å². The van der Waals surface area contributed by atoms with E-state index in [0.29, 0.717) is 18.8 Å². The van der Waals surface area contributed by atoms with Gasteiger partial charge in [-0.3, -0.25) is 4.79 Å². The van der Waals surface area contributed by atoms with E-state index in [1.54, 1.807) is 7.11 Å². The summed E-state index contributed by atoms with van der Waals surface area (Å²) in [5, 5.41) is 3.83. The Morgan fingerprint density at radius 3 is 2.62 bits per heavy atom. The smallest absolute Gasteiger partial charge is 0.267 e. The third-order valence-corrected chi connectivity index (χ3v) is 4.04. The number of H-pyrrole nitrogens is 1. The fourth-order valence-corrected chi connectivity index (χ4v) is 2.71. The molecule has 0 radical (unpaired) electrons. The average molecular weight is 389 g/mol. The Kier molecular flexibility index (Phi) is 5.05. The van der Waals surface area contributed by atoms with Gasteiger partial charge < -0.3 is 19.8 Å². The van der Waals surface area contributed by atoms with Crippen molar-refractivity contribution < 1.29 is 14.3 Å². The maximum Gasteiger partial charge on any atom is 0.267 e. The first kappa shape index (κ1) is 16.4. The van der Waals surface area contributed by atoms with E-state index >= 15 is 0 Å². The Balaban J connectivity index is 1.51. The Morgan fingerprint density at radius 1 is 1.12 bits per heavy atom. The monoisotopic (exact) mass is 388 g/mol. The minimum Gasteiger partial charge on any atom is -0.497 e. The molecular weight excluding hydrogens is 372 g/mol. The molecule has 0 unspecified atom stereocenters. The van der Waals surface area contributed by atoms with E-state index in [1.807, 2.05) is 48.5 Å². The maximum atomic E-state index is 12.2. The number of hydrogen-bond acceptors (Lipinski definition) is 3. The van der Waals surface area contributed by atoms with Crippen LogP contribution in [-0.4, -0.2) is 31.2 Å². The minimum atomic E-state index is -0.152. The van der Waals surface area contributed by atoms with E-state index in [0.717, 1.165) is 26.9 Å². The van der Waals surface area contributed by atoms with Crippen LogP contribution in [0.1, 0.15) is 10.5 Å². The van der Waals surface area contributed by atoms with Crippen molar-refractivity contribution in [3.63, 3.8) is 0 Å². The van der Waals surface area contributed by atoms with Crippen LogP contribution in [0.4, 0.5) is 0 Å². The van der Waals surface area contributed by atoms with Crippen LogP contribution in [0.25, 0.3) is 10.9 Å². The third-order valence-electron chi connectivity index (χ3n) is 3.54. The second kappa shape index (κ2) is 7.40. The highest BCUT2D eigenvalue weighted by atomic mass is 79.9. The van der Waals surface area contributed by atoms with Crippen molar-refractivity contribution in [1.29, 1.82) is 0 Å². The maximum absolute atomic E-state index is 12.2. The zero-order valence-corrected chi connectivity index (χ0v) is 14.7. The average Bonchev–Trinajstić information content (AvgIpc) is 3.02. The Bertz CT molecular complexity index is 843. The van der Waals surface area contributed by atoms with Crippen LogP contribution < -0.4 is 14.8 Å². The predicted octanol–water partition coefficient (Wildman–Crippen LogP) is 3.75. The molecule has 0 saturated heterocycles. The van der Waals surface area contributed by atoms with E-state index in [-0.39, 0.29) is 5.91 Å². The molecule has 2 N–H and O–H groups in total. The normalized spacial score (nSPS) is 10.6. The first-order valence-corrected chi connectivity index (χ1v) is 8.28. The molecule has 24 heavy (non-hydrogen) atoms. The third kappa shape index (κ3) is 3.89. The van der Waals surface area contributed by atoms with Gasteiger partial charge in [0.15, 0.2) is 0 Å². The number of amides is 1. The molecule has 6 heteroatoms. The van der Waals surface area contributed by atoms with Crippen LogP contribution >= 0.6 is 15.9 Å².